The van der Waals surface area contributed by atoms with E-state index in [4.69, 9.17) is 23.7 Å². The van der Waals surface area contributed by atoms with Crippen molar-refractivity contribution in [1.82, 2.24) is 9.97 Å². The van der Waals surface area contributed by atoms with Crippen LogP contribution in [0, 0.1) is 0 Å². The monoisotopic (exact) mass is 450 g/mol. The third kappa shape index (κ3) is 5.01. The van der Waals surface area contributed by atoms with Gasteiger partial charge in [-0.1, -0.05) is 12.1 Å². The Hall–Kier alpha value is -3.78. The van der Waals surface area contributed by atoms with Crippen LogP contribution in [-0.2, 0) is 22.7 Å². The molecule has 4 aromatic rings. The third-order valence-electron chi connectivity index (χ3n) is 5.01. The van der Waals surface area contributed by atoms with Crippen molar-refractivity contribution in [2.24, 2.45) is 0 Å². The summed E-state index contributed by atoms with van der Waals surface area (Å²) in [6, 6.07) is 13.5. The molecule has 2 aromatic carbocycles. The van der Waals surface area contributed by atoms with Gasteiger partial charge in [-0.3, -0.25) is 0 Å². The van der Waals surface area contributed by atoms with Crippen LogP contribution in [0.4, 0.5) is 4.79 Å². The summed E-state index contributed by atoms with van der Waals surface area (Å²) in [6.45, 7) is 4.10. The molecule has 0 fully saturated rings. The summed E-state index contributed by atoms with van der Waals surface area (Å²) in [5.41, 5.74) is 3.34. The van der Waals surface area contributed by atoms with Crippen molar-refractivity contribution in [2.45, 2.75) is 33.2 Å². The van der Waals surface area contributed by atoms with Gasteiger partial charge in [0.05, 0.1) is 37.1 Å². The standard InChI is InChI=1S/C25H26N2O6/c1-15(2)32-25(28)33-24-20(14-29-3)23-19-11-18(8-9-21(19)27-22(23)12-26-24)31-13-16-6-5-7-17(10-16)30-4/h5-12,15,27H,13-14H2,1-4H3. The number of nitrogens with zero attached hydrogens (tertiary/aromatic N) is 1. The summed E-state index contributed by atoms with van der Waals surface area (Å²) in [5, 5.41) is 1.76. The molecule has 0 amide bonds. The van der Waals surface area contributed by atoms with Crippen LogP contribution in [-0.4, -0.2) is 36.4 Å². The molecule has 0 aliphatic heterocycles. The largest absolute Gasteiger partial charge is 0.515 e. The summed E-state index contributed by atoms with van der Waals surface area (Å²) < 4.78 is 27.2. The van der Waals surface area contributed by atoms with Crippen LogP contribution in [0.25, 0.3) is 21.8 Å². The average molecular weight is 450 g/mol. The van der Waals surface area contributed by atoms with Crippen molar-refractivity contribution in [3.05, 3.63) is 59.8 Å². The molecule has 0 saturated heterocycles. The maximum atomic E-state index is 12.1. The van der Waals surface area contributed by atoms with E-state index >= 15 is 0 Å². The second-order valence-electron chi connectivity index (χ2n) is 7.75. The highest BCUT2D eigenvalue weighted by atomic mass is 16.7. The third-order valence-corrected chi connectivity index (χ3v) is 5.01. The minimum atomic E-state index is -0.809. The van der Waals surface area contributed by atoms with Gasteiger partial charge in [-0.05, 0) is 49.7 Å². The number of fused-ring (bicyclic) bond motifs is 3. The van der Waals surface area contributed by atoms with E-state index in [-0.39, 0.29) is 18.6 Å². The minimum absolute atomic E-state index is 0.151. The Balaban J connectivity index is 1.69. The van der Waals surface area contributed by atoms with Crippen molar-refractivity contribution < 1.29 is 28.5 Å². The Bertz CT molecular complexity index is 1280. The second-order valence-corrected chi connectivity index (χ2v) is 7.75. The van der Waals surface area contributed by atoms with Gasteiger partial charge < -0.3 is 28.7 Å². The van der Waals surface area contributed by atoms with E-state index in [9.17, 15) is 4.79 Å². The Labute approximate surface area is 191 Å². The number of hydrogen-bond acceptors (Lipinski definition) is 7. The van der Waals surface area contributed by atoms with Gasteiger partial charge in [0, 0.05) is 23.4 Å². The van der Waals surface area contributed by atoms with E-state index in [1.807, 2.05) is 42.5 Å². The quantitative estimate of drug-likeness (QED) is 0.361. The van der Waals surface area contributed by atoms with Crippen molar-refractivity contribution in [3.63, 3.8) is 0 Å². The van der Waals surface area contributed by atoms with Gasteiger partial charge in [-0.25, -0.2) is 9.78 Å². The van der Waals surface area contributed by atoms with Gasteiger partial charge in [-0.2, -0.15) is 0 Å². The van der Waals surface area contributed by atoms with Gasteiger partial charge in [0.2, 0.25) is 5.88 Å². The van der Waals surface area contributed by atoms with Crippen LogP contribution in [0.15, 0.2) is 48.7 Å². The lowest BCUT2D eigenvalue weighted by Gasteiger charge is -2.12. The molecular weight excluding hydrogens is 424 g/mol. The molecule has 8 nitrogen and oxygen atoms in total. The van der Waals surface area contributed by atoms with Crippen LogP contribution >= 0.6 is 0 Å². The number of pyridine rings is 1. The lowest BCUT2D eigenvalue weighted by Crippen LogP contribution is -2.17. The van der Waals surface area contributed by atoms with Crippen LogP contribution < -0.4 is 14.2 Å². The predicted molar refractivity (Wildman–Crippen MR) is 124 cm³/mol. The first-order valence-electron chi connectivity index (χ1n) is 10.5. The molecule has 0 saturated carbocycles. The van der Waals surface area contributed by atoms with E-state index in [1.165, 1.54) is 0 Å². The van der Waals surface area contributed by atoms with Gasteiger partial charge in [0.15, 0.2) is 0 Å². The van der Waals surface area contributed by atoms with E-state index < -0.39 is 6.16 Å². The number of nitrogens with one attached hydrogen (secondary N) is 1. The highest BCUT2D eigenvalue weighted by molar-refractivity contribution is 6.09. The number of ether oxygens (including phenoxy) is 5. The van der Waals surface area contributed by atoms with Crippen LogP contribution in [0.5, 0.6) is 17.4 Å². The normalized spacial score (nSPS) is 11.2. The zero-order valence-electron chi connectivity index (χ0n) is 19.0. The zero-order chi connectivity index (χ0) is 23.4. The van der Waals surface area contributed by atoms with Crippen molar-refractivity contribution in [3.8, 4) is 17.4 Å². The number of aromatic amines is 1. The average Bonchev–Trinajstić information content (AvgIpc) is 3.17. The number of benzene rings is 2. The van der Waals surface area contributed by atoms with Gasteiger partial charge >= 0.3 is 6.16 Å². The summed E-state index contributed by atoms with van der Waals surface area (Å²) >= 11 is 0. The van der Waals surface area contributed by atoms with E-state index in [0.717, 1.165) is 33.1 Å². The van der Waals surface area contributed by atoms with Gasteiger partial charge in [0.25, 0.3) is 0 Å². The van der Waals surface area contributed by atoms with Gasteiger partial charge in [0.1, 0.15) is 18.1 Å². The number of carbonyl (C=O) groups excluding carboxylic acids is 1. The summed E-state index contributed by atoms with van der Waals surface area (Å²) in [5.74, 6) is 1.63. The Morgan fingerprint density at radius 1 is 1.03 bits per heavy atom. The molecule has 1 N–H and O–H groups in total. The number of methoxy groups -OCH3 is 2. The fraction of sp³-hybridized carbons (Fsp3) is 0.280. The molecule has 8 heteroatoms. The van der Waals surface area contributed by atoms with Crippen molar-refractivity contribution >= 4 is 28.0 Å². The fourth-order valence-electron chi connectivity index (χ4n) is 3.60. The minimum Gasteiger partial charge on any atom is -0.497 e. The molecule has 4 rings (SSSR count). The first-order valence-corrected chi connectivity index (χ1v) is 10.5. The Kier molecular flexibility index (Phi) is 6.65. The molecule has 172 valence electrons. The fourth-order valence-corrected chi connectivity index (χ4v) is 3.60. The molecule has 0 aliphatic rings. The summed E-state index contributed by atoms with van der Waals surface area (Å²) in [7, 11) is 3.21. The first kappa shape index (κ1) is 22.4. The van der Waals surface area contributed by atoms with E-state index in [0.29, 0.717) is 17.9 Å². The summed E-state index contributed by atoms with van der Waals surface area (Å²) in [6.07, 6.45) is 0.518. The number of hydrogen-bond donors (Lipinski definition) is 1. The lowest BCUT2D eigenvalue weighted by atomic mass is 10.1. The van der Waals surface area contributed by atoms with Crippen molar-refractivity contribution in [1.29, 1.82) is 0 Å². The molecule has 33 heavy (non-hydrogen) atoms. The lowest BCUT2D eigenvalue weighted by molar-refractivity contribution is 0.0705. The van der Waals surface area contributed by atoms with E-state index in [1.54, 1.807) is 34.3 Å². The second kappa shape index (κ2) is 9.79. The molecule has 0 aliphatic carbocycles. The van der Waals surface area contributed by atoms with Crippen LogP contribution in [0.3, 0.4) is 0 Å². The maximum absolute atomic E-state index is 12.1. The SMILES string of the molecule is COCc1c(OC(=O)OC(C)C)ncc2[nH]c3ccc(OCc4cccc(OC)c4)cc3c12. The molecule has 0 bridgehead atoms. The Morgan fingerprint density at radius 2 is 1.88 bits per heavy atom. The predicted octanol–water partition coefficient (Wildman–Crippen LogP) is 5.37. The molecule has 0 atom stereocenters. The molecule has 0 radical (unpaired) electrons. The number of aromatic nitrogens is 2. The molecule has 0 unspecified atom stereocenters. The summed E-state index contributed by atoms with van der Waals surface area (Å²) in [4.78, 5) is 19.7. The number of carbonyl (C=O) groups is 1. The Morgan fingerprint density at radius 3 is 2.64 bits per heavy atom. The maximum Gasteiger partial charge on any atom is 0.515 e. The van der Waals surface area contributed by atoms with Crippen LogP contribution in [0.2, 0.25) is 0 Å². The highest BCUT2D eigenvalue weighted by Crippen LogP contribution is 2.35. The zero-order valence-corrected chi connectivity index (χ0v) is 19.0. The molecule has 2 aromatic heterocycles. The molecule has 0 spiro atoms. The molecule has 2 heterocycles. The van der Waals surface area contributed by atoms with Crippen molar-refractivity contribution in [2.75, 3.05) is 14.2 Å². The van der Waals surface area contributed by atoms with Crippen LogP contribution in [0.1, 0.15) is 25.0 Å². The smallest absolute Gasteiger partial charge is 0.497 e. The van der Waals surface area contributed by atoms with Gasteiger partial charge in [-0.15, -0.1) is 0 Å². The van der Waals surface area contributed by atoms with E-state index in [2.05, 4.69) is 9.97 Å². The number of rotatable bonds is 8. The first-order chi connectivity index (χ1) is 16.0. The number of H-pyrrole nitrogens is 1. The highest BCUT2D eigenvalue weighted by Gasteiger charge is 2.19. The molecular formula is C25H26N2O6. The topological polar surface area (TPSA) is 91.9 Å².